The monoisotopic (exact) mass is 516 g/mol. The second-order valence-electron chi connectivity index (χ2n) is 10.2. The quantitative estimate of drug-likeness (QED) is 0.423. The maximum absolute atomic E-state index is 13.9. The van der Waals surface area contributed by atoms with Gasteiger partial charge in [-0.05, 0) is 48.9 Å². The van der Waals surface area contributed by atoms with Gasteiger partial charge in [-0.15, -0.1) is 5.10 Å². The minimum absolute atomic E-state index is 0.0660. The molecular weight excluding hydrogens is 488 g/mol. The highest BCUT2D eigenvalue weighted by Gasteiger charge is 2.45. The minimum Gasteiger partial charge on any atom is -0.342 e. The molecule has 37 heavy (non-hydrogen) atoms. The first-order chi connectivity index (χ1) is 18.0. The number of aromatic amines is 1. The Bertz CT molecular complexity index is 1470. The lowest BCUT2D eigenvalue weighted by atomic mass is 9.77. The van der Waals surface area contributed by atoms with Gasteiger partial charge in [0.05, 0.1) is 12.0 Å². The van der Waals surface area contributed by atoms with E-state index in [1.165, 1.54) is 0 Å². The Morgan fingerprint density at radius 1 is 1.03 bits per heavy atom. The molecule has 2 aromatic heterocycles. The number of benzene rings is 2. The zero-order valence-corrected chi connectivity index (χ0v) is 21.3. The van der Waals surface area contributed by atoms with Crippen molar-refractivity contribution in [3.8, 4) is 0 Å². The van der Waals surface area contributed by atoms with Gasteiger partial charge in [0, 0.05) is 24.0 Å². The fraction of sp³-hybridized carbons (Fsp3) is 0.393. The van der Waals surface area contributed by atoms with Gasteiger partial charge in [-0.25, -0.2) is 9.67 Å². The van der Waals surface area contributed by atoms with Gasteiger partial charge in [0.25, 0.3) is 5.56 Å². The number of amides is 1. The van der Waals surface area contributed by atoms with Crippen molar-refractivity contribution in [3.05, 3.63) is 86.9 Å². The molecule has 1 N–H and O–H groups in total. The van der Waals surface area contributed by atoms with Crippen LogP contribution in [0.4, 0.5) is 0 Å². The zero-order valence-electron chi connectivity index (χ0n) is 20.6. The van der Waals surface area contributed by atoms with Crippen LogP contribution in [0.1, 0.15) is 61.4 Å². The van der Waals surface area contributed by atoms with Crippen molar-refractivity contribution in [2.75, 3.05) is 13.1 Å². The minimum atomic E-state index is -0.460. The predicted molar refractivity (Wildman–Crippen MR) is 142 cm³/mol. The van der Waals surface area contributed by atoms with Gasteiger partial charge < -0.3 is 9.88 Å². The van der Waals surface area contributed by atoms with E-state index in [1.54, 1.807) is 4.68 Å². The smallest absolute Gasteiger partial charge is 0.281 e. The van der Waals surface area contributed by atoms with Crippen molar-refractivity contribution >= 4 is 28.7 Å². The summed E-state index contributed by atoms with van der Waals surface area (Å²) in [5.41, 5.74) is 2.14. The summed E-state index contributed by atoms with van der Waals surface area (Å²) in [6, 6.07) is 17.7. The molecule has 1 aliphatic heterocycles. The summed E-state index contributed by atoms with van der Waals surface area (Å²) in [6.07, 6.45) is 5.35. The Hall–Kier alpha value is -3.52. The van der Waals surface area contributed by atoms with E-state index >= 15 is 0 Å². The third kappa shape index (κ3) is 4.44. The number of hydrogen-bond acceptors (Lipinski definition) is 5. The summed E-state index contributed by atoms with van der Waals surface area (Å²) < 4.78 is 1.68. The summed E-state index contributed by atoms with van der Waals surface area (Å²) in [7, 11) is 0. The topological polar surface area (TPSA) is 96.8 Å². The van der Waals surface area contributed by atoms with Gasteiger partial charge in [0.2, 0.25) is 5.91 Å². The molecule has 0 atom stereocenters. The lowest BCUT2D eigenvalue weighted by Gasteiger charge is -2.38. The van der Waals surface area contributed by atoms with Crippen molar-refractivity contribution in [1.82, 2.24) is 29.9 Å². The van der Waals surface area contributed by atoms with Crippen LogP contribution in [-0.2, 0) is 16.8 Å². The summed E-state index contributed by atoms with van der Waals surface area (Å²) in [4.78, 5) is 36.4. The molecule has 2 aliphatic rings. The normalized spacial score (nSPS) is 17.9. The third-order valence-corrected chi connectivity index (χ3v) is 8.25. The number of fused-ring (bicyclic) bond motifs is 1. The molecule has 6 rings (SSSR count). The van der Waals surface area contributed by atoms with E-state index in [0.29, 0.717) is 36.1 Å². The van der Waals surface area contributed by atoms with Crippen molar-refractivity contribution in [2.24, 2.45) is 0 Å². The van der Waals surface area contributed by atoms with E-state index in [-0.39, 0.29) is 22.9 Å². The molecule has 4 aromatic rings. The average Bonchev–Trinajstić information content (AvgIpc) is 3.58. The Balaban J connectivity index is 1.21. The second-order valence-corrected chi connectivity index (χ2v) is 10.7. The molecule has 2 aromatic carbocycles. The number of nitrogens with zero attached hydrogens (tertiary/aromatic N) is 5. The zero-order chi connectivity index (χ0) is 25.4. The van der Waals surface area contributed by atoms with Crippen LogP contribution in [0, 0.1) is 0 Å². The number of H-pyrrole nitrogens is 1. The molecule has 0 spiro atoms. The highest BCUT2D eigenvalue weighted by atomic mass is 35.5. The van der Waals surface area contributed by atoms with Gasteiger partial charge >= 0.3 is 0 Å². The Labute approximate surface area is 219 Å². The van der Waals surface area contributed by atoms with Crippen molar-refractivity contribution < 1.29 is 4.79 Å². The van der Waals surface area contributed by atoms with E-state index in [4.69, 9.17) is 16.6 Å². The van der Waals surface area contributed by atoms with E-state index in [9.17, 15) is 9.59 Å². The lowest BCUT2D eigenvalue weighted by Crippen LogP contribution is -2.48. The SMILES string of the molecule is O=C(N1CCC(c2nc3c(nnn3Cc3ccccc3)c(=O)[nH]2)CC1)C1(c2ccc(Cl)cc2)CCCC1. The van der Waals surface area contributed by atoms with Crippen LogP contribution in [0.15, 0.2) is 59.4 Å². The van der Waals surface area contributed by atoms with Crippen LogP contribution in [0.25, 0.3) is 11.2 Å². The molecule has 2 fully saturated rings. The van der Waals surface area contributed by atoms with Gasteiger partial charge in [-0.2, -0.15) is 0 Å². The van der Waals surface area contributed by atoms with E-state index in [0.717, 1.165) is 49.7 Å². The summed E-state index contributed by atoms with van der Waals surface area (Å²) in [5.74, 6) is 0.929. The number of halogens is 1. The highest BCUT2D eigenvalue weighted by Crippen LogP contribution is 2.43. The molecule has 190 valence electrons. The number of carbonyl (C=O) groups is 1. The van der Waals surface area contributed by atoms with Crippen molar-refractivity contribution in [1.29, 1.82) is 0 Å². The van der Waals surface area contributed by atoms with Crippen LogP contribution >= 0.6 is 11.6 Å². The first kappa shape index (κ1) is 23.9. The van der Waals surface area contributed by atoms with Gasteiger partial charge in [-0.1, -0.05) is 72.1 Å². The fourth-order valence-corrected chi connectivity index (χ4v) is 6.10. The Kier molecular flexibility index (Phi) is 6.28. The van der Waals surface area contributed by atoms with E-state index < -0.39 is 5.41 Å². The number of likely N-dealkylation sites (tertiary alicyclic amines) is 1. The number of aromatic nitrogens is 5. The van der Waals surface area contributed by atoms with Crippen LogP contribution in [0.5, 0.6) is 0 Å². The van der Waals surface area contributed by atoms with Crippen molar-refractivity contribution in [3.63, 3.8) is 0 Å². The first-order valence-corrected chi connectivity index (χ1v) is 13.3. The number of piperidine rings is 1. The standard InChI is InChI=1S/C28H29ClN6O2/c29-22-10-8-21(9-11-22)28(14-4-5-15-28)27(37)34-16-12-20(13-17-34)24-30-25-23(26(36)31-24)32-33-35(25)18-19-6-2-1-3-7-19/h1-3,6-11,20H,4-5,12-18H2,(H,30,31,36). The maximum Gasteiger partial charge on any atom is 0.281 e. The summed E-state index contributed by atoms with van der Waals surface area (Å²) in [6.45, 7) is 1.77. The van der Waals surface area contributed by atoms with Gasteiger partial charge in [0.1, 0.15) is 5.82 Å². The molecule has 8 nitrogen and oxygen atoms in total. The van der Waals surface area contributed by atoms with Gasteiger partial charge in [-0.3, -0.25) is 9.59 Å². The molecule has 0 radical (unpaired) electrons. The molecule has 3 heterocycles. The fourth-order valence-electron chi connectivity index (χ4n) is 5.97. The molecule has 1 saturated heterocycles. The van der Waals surface area contributed by atoms with Crippen LogP contribution < -0.4 is 5.56 Å². The largest absolute Gasteiger partial charge is 0.342 e. The first-order valence-electron chi connectivity index (χ1n) is 13.0. The van der Waals surface area contributed by atoms with E-state index in [2.05, 4.69) is 15.3 Å². The molecule has 9 heteroatoms. The van der Waals surface area contributed by atoms with Crippen LogP contribution in [-0.4, -0.2) is 48.9 Å². The predicted octanol–water partition coefficient (Wildman–Crippen LogP) is 4.43. The number of nitrogens with one attached hydrogen (secondary N) is 1. The summed E-state index contributed by atoms with van der Waals surface area (Å²) in [5, 5.41) is 8.93. The van der Waals surface area contributed by atoms with Gasteiger partial charge in [0.15, 0.2) is 11.2 Å². The Morgan fingerprint density at radius 3 is 2.43 bits per heavy atom. The molecule has 0 unspecified atom stereocenters. The van der Waals surface area contributed by atoms with Crippen LogP contribution in [0.3, 0.4) is 0 Å². The van der Waals surface area contributed by atoms with Crippen molar-refractivity contribution in [2.45, 2.75) is 56.4 Å². The highest BCUT2D eigenvalue weighted by molar-refractivity contribution is 6.30. The molecular formula is C28H29ClN6O2. The maximum atomic E-state index is 13.9. The second kappa shape index (κ2) is 9.74. The molecule has 1 amide bonds. The number of carbonyl (C=O) groups excluding carboxylic acids is 1. The number of hydrogen-bond donors (Lipinski definition) is 1. The third-order valence-electron chi connectivity index (χ3n) is 8.00. The lowest BCUT2D eigenvalue weighted by molar-refractivity contribution is -0.138. The summed E-state index contributed by atoms with van der Waals surface area (Å²) >= 11 is 6.12. The molecule has 1 saturated carbocycles. The number of rotatable bonds is 5. The Morgan fingerprint density at radius 2 is 1.73 bits per heavy atom. The molecule has 0 bridgehead atoms. The van der Waals surface area contributed by atoms with Crippen LogP contribution in [0.2, 0.25) is 5.02 Å². The average molecular weight is 517 g/mol. The molecule has 1 aliphatic carbocycles. The van der Waals surface area contributed by atoms with E-state index in [1.807, 2.05) is 59.5 Å².